The monoisotopic (exact) mass is 238 g/mol. The predicted octanol–water partition coefficient (Wildman–Crippen LogP) is 1.50. The number of hydrogen-bond acceptors (Lipinski definition) is 4. The summed E-state index contributed by atoms with van der Waals surface area (Å²) in [6, 6.07) is 0. The minimum atomic E-state index is -0.170. The molecule has 5 nitrogen and oxygen atoms in total. The van der Waals surface area contributed by atoms with E-state index in [1.54, 1.807) is 4.57 Å². The highest BCUT2D eigenvalue weighted by atomic mass is 35.5. The first-order chi connectivity index (χ1) is 7.59. The summed E-state index contributed by atoms with van der Waals surface area (Å²) in [6.45, 7) is 4.65. The number of fused-ring (bicyclic) bond motifs is 1. The van der Waals surface area contributed by atoms with Gasteiger partial charge in [0.2, 0.25) is 0 Å². The molecular formula is C10H11ClN4O. The summed E-state index contributed by atoms with van der Waals surface area (Å²) in [7, 11) is 0. The van der Waals surface area contributed by atoms with Crippen LogP contribution in [0.25, 0.3) is 11.2 Å². The number of nitrogens with zero attached hydrogens (tertiary/aromatic N) is 4. The number of hydrogen-bond donors (Lipinski definition) is 0. The molecule has 0 radical (unpaired) electrons. The third kappa shape index (κ3) is 1.90. The largest absolute Gasteiger partial charge is 0.290 e. The van der Waals surface area contributed by atoms with E-state index >= 15 is 0 Å². The maximum Gasteiger partial charge on any atom is 0.270 e. The fraction of sp³-hybridized carbons (Fsp3) is 0.400. The molecule has 0 atom stereocenters. The fourth-order valence-electron chi connectivity index (χ4n) is 1.49. The van der Waals surface area contributed by atoms with E-state index in [0.29, 0.717) is 23.6 Å². The fourth-order valence-corrected chi connectivity index (χ4v) is 1.67. The highest BCUT2D eigenvalue weighted by Crippen LogP contribution is 2.15. The standard InChI is InChI=1S/C10H11ClN4O/c1-6(2)4-15-7(16)3-12-8-9(11)13-5-14-10(8)15/h3,5-6H,4H2,1-2H3. The van der Waals surface area contributed by atoms with Crippen LogP contribution in [0.3, 0.4) is 0 Å². The Morgan fingerprint density at radius 2 is 2.12 bits per heavy atom. The minimum absolute atomic E-state index is 0.170. The molecule has 0 N–H and O–H groups in total. The molecular weight excluding hydrogens is 228 g/mol. The van der Waals surface area contributed by atoms with Crippen LogP contribution in [0.1, 0.15) is 13.8 Å². The van der Waals surface area contributed by atoms with Crippen LogP contribution in [0.4, 0.5) is 0 Å². The van der Waals surface area contributed by atoms with Crippen LogP contribution in [-0.2, 0) is 6.54 Å². The Morgan fingerprint density at radius 1 is 1.38 bits per heavy atom. The lowest BCUT2D eigenvalue weighted by molar-refractivity contribution is 0.519. The molecule has 2 heterocycles. The molecule has 0 aromatic carbocycles. The first-order valence-corrected chi connectivity index (χ1v) is 5.33. The SMILES string of the molecule is CC(C)Cn1c(=O)cnc2c(Cl)ncnc21. The van der Waals surface area contributed by atoms with E-state index < -0.39 is 0 Å². The molecule has 0 bridgehead atoms. The molecule has 0 spiro atoms. The van der Waals surface area contributed by atoms with Gasteiger partial charge in [-0.1, -0.05) is 25.4 Å². The lowest BCUT2D eigenvalue weighted by Crippen LogP contribution is -2.23. The average molecular weight is 239 g/mol. The first-order valence-electron chi connectivity index (χ1n) is 4.95. The molecule has 0 aliphatic heterocycles. The van der Waals surface area contributed by atoms with Crippen molar-refractivity contribution in [3.05, 3.63) is 28.0 Å². The predicted molar refractivity (Wildman–Crippen MR) is 61.4 cm³/mol. The average Bonchev–Trinajstić information content (AvgIpc) is 2.22. The van der Waals surface area contributed by atoms with E-state index in [9.17, 15) is 4.79 Å². The van der Waals surface area contributed by atoms with Gasteiger partial charge < -0.3 is 0 Å². The summed E-state index contributed by atoms with van der Waals surface area (Å²) < 4.78 is 1.57. The van der Waals surface area contributed by atoms with Crippen LogP contribution < -0.4 is 5.56 Å². The normalized spacial score (nSPS) is 11.2. The van der Waals surface area contributed by atoms with Crippen molar-refractivity contribution < 1.29 is 0 Å². The Labute approximate surface area is 97.1 Å². The van der Waals surface area contributed by atoms with Crippen molar-refractivity contribution in [3.8, 4) is 0 Å². The second-order valence-electron chi connectivity index (χ2n) is 3.94. The molecule has 0 fully saturated rings. The van der Waals surface area contributed by atoms with Gasteiger partial charge in [0, 0.05) is 6.54 Å². The molecule has 2 rings (SSSR count). The zero-order valence-electron chi connectivity index (χ0n) is 9.01. The Balaban J connectivity index is 2.75. The molecule has 16 heavy (non-hydrogen) atoms. The zero-order chi connectivity index (χ0) is 11.7. The highest BCUT2D eigenvalue weighted by Gasteiger charge is 2.09. The van der Waals surface area contributed by atoms with E-state index in [0.717, 1.165) is 0 Å². The van der Waals surface area contributed by atoms with Crippen molar-refractivity contribution >= 4 is 22.8 Å². The van der Waals surface area contributed by atoms with Crippen LogP contribution in [0.5, 0.6) is 0 Å². The van der Waals surface area contributed by atoms with Crippen molar-refractivity contribution in [1.29, 1.82) is 0 Å². The van der Waals surface area contributed by atoms with Crippen molar-refractivity contribution in [2.45, 2.75) is 20.4 Å². The lowest BCUT2D eigenvalue weighted by Gasteiger charge is -2.10. The van der Waals surface area contributed by atoms with Crippen molar-refractivity contribution in [2.75, 3.05) is 0 Å². The molecule has 84 valence electrons. The van der Waals surface area contributed by atoms with E-state index in [-0.39, 0.29) is 10.7 Å². The van der Waals surface area contributed by atoms with Crippen LogP contribution in [-0.4, -0.2) is 19.5 Å². The Morgan fingerprint density at radius 3 is 2.81 bits per heavy atom. The molecule has 0 saturated heterocycles. The molecule has 2 aromatic rings. The van der Waals surface area contributed by atoms with Crippen LogP contribution >= 0.6 is 11.6 Å². The molecule has 0 aliphatic carbocycles. The smallest absolute Gasteiger partial charge is 0.270 e. The highest BCUT2D eigenvalue weighted by molar-refractivity contribution is 6.33. The van der Waals surface area contributed by atoms with E-state index in [2.05, 4.69) is 15.0 Å². The van der Waals surface area contributed by atoms with Crippen molar-refractivity contribution in [3.63, 3.8) is 0 Å². The van der Waals surface area contributed by atoms with Gasteiger partial charge in [0.15, 0.2) is 10.8 Å². The topological polar surface area (TPSA) is 60.7 Å². The summed E-state index contributed by atoms with van der Waals surface area (Å²) in [5, 5.41) is 0.266. The third-order valence-corrected chi connectivity index (χ3v) is 2.41. The minimum Gasteiger partial charge on any atom is -0.290 e. The quantitative estimate of drug-likeness (QED) is 0.744. The number of halogens is 1. The molecule has 0 amide bonds. The number of rotatable bonds is 2. The van der Waals surface area contributed by atoms with Gasteiger partial charge in [-0.2, -0.15) is 0 Å². The maximum absolute atomic E-state index is 11.7. The van der Waals surface area contributed by atoms with Crippen LogP contribution in [0.2, 0.25) is 5.15 Å². The van der Waals surface area contributed by atoms with Crippen LogP contribution in [0.15, 0.2) is 17.3 Å². The zero-order valence-corrected chi connectivity index (χ0v) is 9.77. The first kappa shape index (κ1) is 11.0. The van der Waals surface area contributed by atoms with Crippen LogP contribution in [0, 0.1) is 5.92 Å². The molecule has 0 aliphatic rings. The van der Waals surface area contributed by atoms with E-state index in [1.807, 2.05) is 13.8 Å². The van der Waals surface area contributed by atoms with Crippen molar-refractivity contribution in [1.82, 2.24) is 19.5 Å². The Kier molecular flexibility index (Phi) is 2.87. The Hall–Kier alpha value is -1.49. The second-order valence-corrected chi connectivity index (χ2v) is 4.30. The summed E-state index contributed by atoms with van der Waals surface area (Å²) in [4.78, 5) is 23.5. The lowest BCUT2D eigenvalue weighted by atomic mass is 10.2. The van der Waals surface area contributed by atoms with Gasteiger partial charge >= 0.3 is 0 Å². The van der Waals surface area contributed by atoms with Gasteiger partial charge in [-0.3, -0.25) is 9.36 Å². The van der Waals surface area contributed by atoms with Gasteiger partial charge in [0.05, 0.1) is 6.20 Å². The molecule has 2 aromatic heterocycles. The third-order valence-electron chi connectivity index (χ3n) is 2.13. The van der Waals surface area contributed by atoms with Gasteiger partial charge in [0.25, 0.3) is 5.56 Å². The summed E-state index contributed by atoms with van der Waals surface area (Å²) >= 11 is 5.89. The van der Waals surface area contributed by atoms with E-state index in [4.69, 9.17) is 11.6 Å². The van der Waals surface area contributed by atoms with Gasteiger partial charge in [-0.15, -0.1) is 0 Å². The molecule has 6 heteroatoms. The summed E-state index contributed by atoms with van der Waals surface area (Å²) in [5.74, 6) is 0.344. The Bertz CT molecular complexity index is 579. The molecule has 0 unspecified atom stereocenters. The summed E-state index contributed by atoms with van der Waals surface area (Å²) in [6.07, 6.45) is 2.59. The van der Waals surface area contributed by atoms with Crippen molar-refractivity contribution in [2.24, 2.45) is 5.92 Å². The van der Waals surface area contributed by atoms with Gasteiger partial charge in [-0.05, 0) is 5.92 Å². The van der Waals surface area contributed by atoms with Gasteiger partial charge in [0.1, 0.15) is 11.8 Å². The van der Waals surface area contributed by atoms with Gasteiger partial charge in [-0.25, -0.2) is 15.0 Å². The summed E-state index contributed by atoms with van der Waals surface area (Å²) in [5.41, 5.74) is 0.779. The van der Waals surface area contributed by atoms with E-state index in [1.165, 1.54) is 12.5 Å². The second kappa shape index (κ2) is 4.17. The maximum atomic E-state index is 11.7. The molecule has 0 saturated carbocycles. The number of aromatic nitrogens is 4.